The Hall–Kier alpha value is -1.69. The average molecular weight is 230 g/mol. The second-order valence-corrected chi connectivity index (χ2v) is 4.41. The first-order valence-corrected chi connectivity index (χ1v) is 6.25. The summed E-state index contributed by atoms with van der Waals surface area (Å²) in [6.07, 6.45) is 5.22. The van der Waals surface area contributed by atoms with Crippen LogP contribution in [0.15, 0.2) is 24.3 Å². The molecule has 1 aliphatic carbocycles. The average Bonchev–Trinajstić information content (AvgIpc) is 2.30. The van der Waals surface area contributed by atoms with E-state index in [4.69, 9.17) is 10.00 Å². The third-order valence-corrected chi connectivity index (χ3v) is 3.01. The van der Waals surface area contributed by atoms with Gasteiger partial charge < -0.3 is 10.1 Å². The van der Waals surface area contributed by atoms with E-state index in [1.54, 1.807) is 0 Å². The lowest BCUT2D eigenvalue weighted by Gasteiger charge is -2.27. The lowest BCUT2D eigenvalue weighted by Crippen LogP contribution is -2.26. The lowest BCUT2D eigenvalue weighted by atomic mass is 9.93. The Morgan fingerprint density at radius 1 is 1.41 bits per heavy atom. The van der Waals surface area contributed by atoms with Gasteiger partial charge in [-0.3, -0.25) is 0 Å². The number of nitrogens with one attached hydrogen (secondary N) is 1. The van der Waals surface area contributed by atoms with Crippen LogP contribution in [0.25, 0.3) is 0 Å². The minimum Gasteiger partial charge on any atom is -0.493 e. The number of anilines is 1. The summed E-state index contributed by atoms with van der Waals surface area (Å²) in [6, 6.07) is 10.8. The summed E-state index contributed by atoms with van der Waals surface area (Å²) in [6.45, 7) is 0.612. The third kappa shape index (κ3) is 3.67. The topological polar surface area (TPSA) is 45.0 Å². The van der Waals surface area contributed by atoms with Crippen molar-refractivity contribution in [1.82, 2.24) is 0 Å². The van der Waals surface area contributed by atoms with Crippen molar-refractivity contribution in [2.24, 2.45) is 0 Å². The molecule has 1 aromatic rings. The Kier molecular flexibility index (Phi) is 4.26. The highest BCUT2D eigenvalue weighted by Crippen LogP contribution is 2.25. The Labute approximate surface area is 102 Å². The van der Waals surface area contributed by atoms with Crippen molar-refractivity contribution in [3.63, 3.8) is 0 Å². The molecule has 0 radical (unpaired) electrons. The second-order valence-electron chi connectivity index (χ2n) is 4.41. The molecule has 0 bridgehead atoms. The predicted molar refractivity (Wildman–Crippen MR) is 68.0 cm³/mol. The van der Waals surface area contributed by atoms with E-state index in [0.717, 1.165) is 17.9 Å². The fourth-order valence-corrected chi connectivity index (χ4v) is 1.81. The summed E-state index contributed by atoms with van der Waals surface area (Å²) < 4.78 is 5.59. The Morgan fingerprint density at radius 2 is 2.29 bits per heavy atom. The van der Waals surface area contributed by atoms with Gasteiger partial charge >= 0.3 is 0 Å². The Morgan fingerprint density at radius 3 is 3.00 bits per heavy atom. The van der Waals surface area contributed by atoms with E-state index in [1.165, 1.54) is 19.3 Å². The van der Waals surface area contributed by atoms with E-state index in [2.05, 4.69) is 17.5 Å². The number of nitrogens with zero attached hydrogens (tertiary/aromatic N) is 1. The quantitative estimate of drug-likeness (QED) is 0.762. The van der Waals surface area contributed by atoms with Gasteiger partial charge in [0.15, 0.2) is 0 Å². The molecule has 1 saturated carbocycles. The molecule has 0 unspecified atom stereocenters. The summed E-state index contributed by atoms with van der Waals surface area (Å²) in [5.74, 6) is 0.882. The predicted octanol–water partition coefficient (Wildman–Crippen LogP) is 3.33. The summed E-state index contributed by atoms with van der Waals surface area (Å²) in [7, 11) is 0. The summed E-state index contributed by atoms with van der Waals surface area (Å²) >= 11 is 0. The van der Waals surface area contributed by atoms with Crippen molar-refractivity contribution in [3.05, 3.63) is 24.3 Å². The lowest BCUT2D eigenvalue weighted by molar-refractivity contribution is 0.313. The molecular formula is C14H18N2O. The van der Waals surface area contributed by atoms with E-state index in [9.17, 15) is 0 Å². The van der Waals surface area contributed by atoms with E-state index in [-0.39, 0.29) is 0 Å². The SMILES string of the molecule is N#CCCCOc1cccc(NC2CCC2)c1. The zero-order chi connectivity index (χ0) is 11.9. The maximum Gasteiger partial charge on any atom is 0.121 e. The first kappa shape index (κ1) is 11.8. The van der Waals surface area contributed by atoms with Crippen molar-refractivity contribution >= 4 is 5.69 Å². The zero-order valence-electron chi connectivity index (χ0n) is 9.98. The van der Waals surface area contributed by atoms with Gasteiger partial charge in [0.05, 0.1) is 12.7 Å². The van der Waals surface area contributed by atoms with Crippen LogP contribution >= 0.6 is 0 Å². The van der Waals surface area contributed by atoms with Crippen molar-refractivity contribution in [2.75, 3.05) is 11.9 Å². The Bertz CT molecular complexity index is 393. The molecule has 0 amide bonds. The van der Waals surface area contributed by atoms with Gasteiger partial charge in [0.2, 0.25) is 0 Å². The standard InChI is InChI=1S/C14H18N2O/c15-9-1-2-10-17-14-8-4-7-13(11-14)16-12-5-3-6-12/h4,7-8,11-12,16H,1-3,5-6,10H2. The molecule has 0 aliphatic heterocycles. The highest BCUT2D eigenvalue weighted by atomic mass is 16.5. The molecule has 1 N–H and O–H groups in total. The number of rotatable bonds is 6. The van der Waals surface area contributed by atoms with E-state index < -0.39 is 0 Å². The van der Waals surface area contributed by atoms with Crippen LogP contribution in [0.5, 0.6) is 5.75 Å². The zero-order valence-corrected chi connectivity index (χ0v) is 9.98. The van der Waals surface area contributed by atoms with Crippen LogP contribution in [-0.2, 0) is 0 Å². The molecule has 1 aromatic carbocycles. The highest BCUT2D eigenvalue weighted by molar-refractivity contribution is 5.49. The minimum absolute atomic E-state index is 0.556. The van der Waals surface area contributed by atoms with Crippen LogP contribution in [0, 0.1) is 11.3 Å². The molecule has 3 nitrogen and oxygen atoms in total. The number of hydrogen-bond donors (Lipinski definition) is 1. The maximum atomic E-state index is 8.42. The third-order valence-electron chi connectivity index (χ3n) is 3.01. The molecule has 1 fully saturated rings. The van der Waals surface area contributed by atoms with Gasteiger partial charge in [-0.05, 0) is 37.8 Å². The first-order chi connectivity index (χ1) is 8.38. The van der Waals surface area contributed by atoms with Crippen molar-refractivity contribution in [2.45, 2.75) is 38.1 Å². The van der Waals surface area contributed by atoms with Crippen LogP contribution in [0.3, 0.4) is 0 Å². The van der Waals surface area contributed by atoms with Crippen LogP contribution in [-0.4, -0.2) is 12.6 Å². The molecule has 1 aliphatic rings. The largest absolute Gasteiger partial charge is 0.493 e. The normalized spacial score (nSPS) is 14.8. The van der Waals surface area contributed by atoms with Crippen molar-refractivity contribution in [1.29, 1.82) is 5.26 Å². The van der Waals surface area contributed by atoms with Gasteiger partial charge in [-0.2, -0.15) is 5.26 Å². The molecule has 0 atom stereocenters. The molecular weight excluding hydrogens is 212 g/mol. The van der Waals surface area contributed by atoms with E-state index in [0.29, 0.717) is 19.1 Å². The van der Waals surface area contributed by atoms with Gasteiger partial charge in [-0.1, -0.05) is 6.07 Å². The molecule has 0 aromatic heterocycles. The van der Waals surface area contributed by atoms with E-state index >= 15 is 0 Å². The molecule has 0 heterocycles. The molecule has 90 valence electrons. The van der Waals surface area contributed by atoms with Gasteiger partial charge in [-0.15, -0.1) is 0 Å². The minimum atomic E-state index is 0.556. The Balaban J connectivity index is 1.81. The molecule has 17 heavy (non-hydrogen) atoms. The van der Waals surface area contributed by atoms with Gasteiger partial charge in [0, 0.05) is 24.2 Å². The van der Waals surface area contributed by atoms with Crippen LogP contribution in [0.1, 0.15) is 32.1 Å². The van der Waals surface area contributed by atoms with E-state index in [1.807, 2.05) is 18.2 Å². The highest BCUT2D eigenvalue weighted by Gasteiger charge is 2.16. The molecule has 2 rings (SSSR count). The number of hydrogen-bond acceptors (Lipinski definition) is 3. The smallest absolute Gasteiger partial charge is 0.121 e. The number of benzene rings is 1. The summed E-state index contributed by atoms with van der Waals surface area (Å²) in [5, 5.41) is 11.9. The molecule has 3 heteroatoms. The number of unbranched alkanes of at least 4 members (excludes halogenated alkanes) is 1. The van der Waals surface area contributed by atoms with Gasteiger partial charge in [0.25, 0.3) is 0 Å². The van der Waals surface area contributed by atoms with Crippen LogP contribution in [0.4, 0.5) is 5.69 Å². The van der Waals surface area contributed by atoms with Gasteiger partial charge in [0.1, 0.15) is 5.75 Å². The number of nitriles is 1. The fourth-order valence-electron chi connectivity index (χ4n) is 1.81. The first-order valence-electron chi connectivity index (χ1n) is 6.25. The maximum absolute atomic E-state index is 8.42. The van der Waals surface area contributed by atoms with Crippen LogP contribution in [0.2, 0.25) is 0 Å². The van der Waals surface area contributed by atoms with Crippen LogP contribution < -0.4 is 10.1 Å². The number of ether oxygens (including phenoxy) is 1. The molecule has 0 spiro atoms. The summed E-state index contributed by atoms with van der Waals surface area (Å²) in [5.41, 5.74) is 1.13. The molecule has 0 saturated heterocycles. The second kappa shape index (κ2) is 6.15. The van der Waals surface area contributed by atoms with Gasteiger partial charge in [-0.25, -0.2) is 0 Å². The monoisotopic (exact) mass is 230 g/mol. The van der Waals surface area contributed by atoms with Crippen molar-refractivity contribution in [3.8, 4) is 11.8 Å². The fraction of sp³-hybridized carbons (Fsp3) is 0.500. The summed E-state index contributed by atoms with van der Waals surface area (Å²) in [4.78, 5) is 0. The van der Waals surface area contributed by atoms with Crippen molar-refractivity contribution < 1.29 is 4.74 Å².